The SMILES string of the molecule is CCn1c([C@@H]2CCCN2C(=O)NC2CC2)nc2ccccc21. The lowest BCUT2D eigenvalue weighted by Crippen LogP contribution is -2.41. The highest BCUT2D eigenvalue weighted by molar-refractivity contribution is 5.78. The number of nitrogens with zero attached hydrogens (tertiary/aromatic N) is 3. The van der Waals surface area contributed by atoms with Crippen LogP contribution in [0.15, 0.2) is 24.3 Å². The van der Waals surface area contributed by atoms with Crippen LogP contribution >= 0.6 is 0 Å². The zero-order valence-corrected chi connectivity index (χ0v) is 13.0. The first kappa shape index (κ1) is 13.6. The Balaban J connectivity index is 1.68. The van der Waals surface area contributed by atoms with Crippen molar-refractivity contribution < 1.29 is 4.79 Å². The molecule has 5 nitrogen and oxygen atoms in total. The van der Waals surface area contributed by atoms with Gasteiger partial charge in [-0.25, -0.2) is 9.78 Å². The number of hydrogen-bond donors (Lipinski definition) is 1. The number of carbonyl (C=O) groups excluding carboxylic acids is 1. The molecule has 2 amide bonds. The van der Waals surface area contributed by atoms with E-state index >= 15 is 0 Å². The Hall–Kier alpha value is -2.04. The molecule has 1 N–H and O–H groups in total. The third-order valence-corrected chi connectivity index (χ3v) is 4.72. The van der Waals surface area contributed by atoms with Gasteiger partial charge in [0.1, 0.15) is 5.82 Å². The Morgan fingerprint density at radius 3 is 2.91 bits per heavy atom. The first-order chi connectivity index (χ1) is 10.8. The number of para-hydroxylation sites is 2. The minimum atomic E-state index is 0.0831. The number of fused-ring (bicyclic) bond motifs is 1. The van der Waals surface area contributed by atoms with Gasteiger partial charge in [0.15, 0.2) is 0 Å². The fourth-order valence-corrected chi connectivity index (χ4v) is 3.44. The van der Waals surface area contributed by atoms with Gasteiger partial charge >= 0.3 is 6.03 Å². The number of hydrogen-bond acceptors (Lipinski definition) is 2. The highest BCUT2D eigenvalue weighted by atomic mass is 16.2. The summed E-state index contributed by atoms with van der Waals surface area (Å²) in [6, 6.07) is 8.81. The molecule has 4 rings (SSSR count). The van der Waals surface area contributed by atoms with E-state index in [9.17, 15) is 4.79 Å². The van der Waals surface area contributed by atoms with Gasteiger partial charge in [-0.2, -0.15) is 0 Å². The van der Waals surface area contributed by atoms with E-state index in [0.717, 1.165) is 55.6 Å². The molecule has 1 aromatic carbocycles. The molecular weight excluding hydrogens is 276 g/mol. The summed E-state index contributed by atoms with van der Waals surface area (Å²) in [7, 11) is 0. The average molecular weight is 298 g/mol. The Labute approximate surface area is 130 Å². The number of aryl methyl sites for hydroxylation is 1. The predicted molar refractivity (Wildman–Crippen MR) is 85.6 cm³/mol. The predicted octanol–water partition coefficient (Wildman–Crippen LogP) is 3.07. The first-order valence-electron chi connectivity index (χ1n) is 8.30. The van der Waals surface area contributed by atoms with Crippen LogP contribution in [-0.4, -0.2) is 33.1 Å². The third-order valence-electron chi connectivity index (χ3n) is 4.72. The fourth-order valence-electron chi connectivity index (χ4n) is 3.44. The van der Waals surface area contributed by atoms with Crippen molar-refractivity contribution in [1.29, 1.82) is 0 Å². The summed E-state index contributed by atoms with van der Waals surface area (Å²) >= 11 is 0. The van der Waals surface area contributed by atoms with Crippen LogP contribution in [0.2, 0.25) is 0 Å². The number of urea groups is 1. The van der Waals surface area contributed by atoms with Gasteiger partial charge in [0.05, 0.1) is 17.1 Å². The highest BCUT2D eigenvalue weighted by Gasteiger charge is 2.35. The molecule has 0 spiro atoms. The molecule has 22 heavy (non-hydrogen) atoms. The zero-order valence-electron chi connectivity index (χ0n) is 13.0. The summed E-state index contributed by atoms with van der Waals surface area (Å²) in [5.74, 6) is 1.03. The Morgan fingerprint density at radius 1 is 1.32 bits per heavy atom. The molecule has 1 aliphatic heterocycles. The molecule has 2 aliphatic rings. The van der Waals surface area contributed by atoms with Crippen LogP contribution in [0.3, 0.4) is 0 Å². The van der Waals surface area contributed by atoms with Crippen molar-refractivity contribution in [2.75, 3.05) is 6.54 Å². The van der Waals surface area contributed by atoms with Gasteiger partial charge in [0, 0.05) is 19.1 Å². The molecule has 1 saturated carbocycles. The lowest BCUT2D eigenvalue weighted by atomic mass is 10.2. The normalized spacial score (nSPS) is 21.5. The maximum Gasteiger partial charge on any atom is 0.318 e. The molecule has 1 saturated heterocycles. The van der Waals surface area contributed by atoms with Gasteiger partial charge in [0.25, 0.3) is 0 Å². The zero-order chi connectivity index (χ0) is 15.1. The van der Waals surface area contributed by atoms with Crippen molar-refractivity contribution in [3.63, 3.8) is 0 Å². The lowest BCUT2D eigenvalue weighted by molar-refractivity contribution is 0.189. The van der Waals surface area contributed by atoms with Crippen LogP contribution in [0.4, 0.5) is 4.79 Å². The van der Waals surface area contributed by atoms with Crippen molar-refractivity contribution in [1.82, 2.24) is 19.8 Å². The van der Waals surface area contributed by atoms with Gasteiger partial charge in [-0.15, -0.1) is 0 Å². The molecule has 116 valence electrons. The highest BCUT2D eigenvalue weighted by Crippen LogP contribution is 2.34. The monoisotopic (exact) mass is 298 g/mol. The number of rotatable bonds is 3. The summed E-state index contributed by atoms with van der Waals surface area (Å²) in [4.78, 5) is 19.3. The molecule has 0 bridgehead atoms. The molecular formula is C17H22N4O. The standard InChI is InChI=1S/C17H22N4O/c1-2-20-14-7-4-3-6-13(14)19-16(20)15-8-5-11-21(15)17(22)18-12-9-10-12/h3-4,6-7,12,15H,2,5,8-11H2,1H3,(H,18,22)/t15-/m0/s1. The van der Waals surface area contributed by atoms with Crippen molar-refractivity contribution in [2.45, 2.75) is 51.2 Å². The van der Waals surface area contributed by atoms with E-state index in [1.165, 1.54) is 0 Å². The van der Waals surface area contributed by atoms with Crippen LogP contribution in [0.1, 0.15) is 44.5 Å². The topological polar surface area (TPSA) is 50.2 Å². The largest absolute Gasteiger partial charge is 0.335 e. The van der Waals surface area contributed by atoms with Crippen LogP contribution in [0.5, 0.6) is 0 Å². The number of aromatic nitrogens is 2. The van der Waals surface area contributed by atoms with Crippen LogP contribution in [0.25, 0.3) is 11.0 Å². The molecule has 1 atom stereocenters. The molecule has 5 heteroatoms. The second kappa shape index (κ2) is 5.30. The van der Waals surface area contributed by atoms with Crippen molar-refractivity contribution in [3.8, 4) is 0 Å². The second-order valence-electron chi connectivity index (χ2n) is 6.28. The number of nitrogens with one attached hydrogen (secondary N) is 1. The van der Waals surface area contributed by atoms with E-state index in [4.69, 9.17) is 4.98 Å². The van der Waals surface area contributed by atoms with Gasteiger partial charge in [-0.1, -0.05) is 12.1 Å². The molecule has 2 fully saturated rings. The van der Waals surface area contributed by atoms with Crippen molar-refractivity contribution in [2.24, 2.45) is 0 Å². The van der Waals surface area contributed by atoms with Gasteiger partial charge < -0.3 is 14.8 Å². The third kappa shape index (κ3) is 2.25. The van der Waals surface area contributed by atoms with Crippen LogP contribution in [-0.2, 0) is 6.54 Å². The number of amides is 2. The summed E-state index contributed by atoms with van der Waals surface area (Å²) < 4.78 is 2.25. The summed E-state index contributed by atoms with van der Waals surface area (Å²) in [5.41, 5.74) is 2.18. The smallest absolute Gasteiger partial charge is 0.318 e. The fraction of sp³-hybridized carbons (Fsp3) is 0.529. The molecule has 0 radical (unpaired) electrons. The first-order valence-corrected chi connectivity index (χ1v) is 8.30. The van der Waals surface area contributed by atoms with Crippen molar-refractivity contribution in [3.05, 3.63) is 30.1 Å². The number of benzene rings is 1. The minimum Gasteiger partial charge on any atom is -0.335 e. The van der Waals surface area contributed by atoms with E-state index in [1.54, 1.807) is 0 Å². The van der Waals surface area contributed by atoms with Crippen LogP contribution < -0.4 is 5.32 Å². The lowest BCUT2D eigenvalue weighted by Gasteiger charge is -2.25. The summed E-state index contributed by atoms with van der Waals surface area (Å²) in [6.07, 6.45) is 4.30. The summed E-state index contributed by atoms with van der Waals surface area (Å²) in [5, 5.41) is 3.12. The van der Waals surface area contributed by atoms with E-state index in [0.29, 0.717) is 6.04 Å². The molecule has 0 unspecified atom stereocenters. The van der Waals surface area contributed by atoms with E-state index in [1.807, 2.05) is 17.0 Å². The molecule has 2 heterocycles. The quantitative estimate of drug-likeness (QED) is 0.946. The Bertz CT molecular complexity index is 704. The maximum absolute atomic E-state index is 12.5. The van der Waals surface area contributed by atoms with E-state index in [2.05, 4.69) is 28.9 Å². The average Bonchev–Trinajstić information content (AvgIpc) is 3.09. The number of carbonyl (C=O) groups is 1. The number of likely N-dealkylation sites (tertiary alicyclic amines) is 1. The van der Waals surface area contributed by atoms with E-state index in [-0.39, 0.29) is 12.1 Å². The Kier molecular flexibility index (Phi) is 3.28. The Morgan fingerprint density at radius 2 is 2.14 bits per heavy atom. The minimum absolute atomic E-state index is 0.0831. The van der Waals surface area contributed by atoms with Gasteiger partial charge in [-0.05, 0) is 44.7 Å². The molecule has 1 aromatic heterocycles. The second-order valence-corrected chi connectivity index (χ2v) is 6.28. The molecule has 1 aliphatic carbocycles. The maximum atomic E-state index is 12.5. The van der Waals surface area contributed by atoms with Gasteiger partial charge in [0.2, 0.25) is 0 Å². The number of imidazole rings is 1. The molecule has 2 aromatic rings. The van der Waals surface area contributed by atoms with E-state index < -0.39 is 0 Å². The van der Waals surface area contributed by atoms with Crippen LogP contribution in [0, 0.1) is 0 Å². The van der Waals surface area contributed by atoms with Crippen molar-refractivity contribution >= 4 is 17.1 Å². The summed E-state index contributed by atoms with van der Waals surface area (Å²) in [6.45, 7) is 3.85. The van der Waals surface area contributed by atoms with Gasteiger partial charge in [-0.3, -0.25) is 0 Å².